The molecule has 0 radical (unpaired) electrons. The fraction of sp³-hybridized carbons (Fsp3) is 0.240. The molecule has 3 rings (SSSR count). The van der Waals surface area contributed by atoms with Crippen LogP contribution < -0.4 is 10.6 Å². The number of nitrogens with one attached hydrogen (secondary N) is 2. The summed E-state index contributed by atoms with van der Waals surface area (Å²) >= 11 is 0. The summed E-state index contributed by atoms with van der Waals surface area (Å²) in [5.41, 5.74) is 5.79. The predicted molar refractivity (Wildman–Crippen MR) is 116 cm³/mol. The molecule has 0 bridgehead atoms. The van der Waals surface area contributed by atoms with E-state index in [9.17, 15) is 4.79 Å². The van der Waals surface area contributed by atoms with Gasteiger partial charge in [-0.05, 0) is 40.3 Å². The van der Waals surface area contributed by atoms with Gasteiger partial charge in [-0.15, -0.1) is 0 Å². The van der Waals surface area contributed by atoms with Crippen molar-refractivity contribution in [3.8, 4) is 0 Å². The van der Waals surface area contributed by atoms with E-state index in [1.165, 1.54) is 11.1 Å². The SMILES string of the molecule is CC(C)c1ccc(CNc2ccc(CC(=O)NCc3ccccc3)cc2)cc1. The molecule has 3 nitrogen and oxygen atoms in total. The van der Waals surface area contributed by atoms with Gasteiger partial charge in [-0.2, -0.15) is 0 Å². The maximum absolute atomic E-state index is 12.1. The van der Waals surface area contributed by atoms with E-state index in [1.54, 1.807) is 0 Å². The Balaban J connectivity index is 1.45. The molecule has 0 saturated carbocycles. The molecule has 0 aliphatic carbocycles. The Morgan fingerprint density at radius 3 is 2.00 bits per heavy atom. The van der Waals surface area contributed by atoms with Crippen LogP contribution in [0.2, 0.25) is 0 Å². The predicted octanol–water partition coefficient (Wildman–Crippen LogP) is 5.28. The van der Waals surface area contributed by atoms with E-state index in [4.69, 9.17) is 0 Å². The van der Waals surface area contributed by atoms with Gasteiger partial charge in [-0.25, -0.2) is 0 Å². The first-order chi connectivity index (χ1) is 13.6. The van der Waals surface area contributed by atoms with Crippen molar-refractivity contribution in [2.75, 3.05) is 5.32 Å². The summed E-state index contributed by atoms with van der Waals surface area (Å²) in [6.45, 7) is 5.76. The molecule has 0 fully saturated rings. The molecular weight excluding hydrogens is 344 g/mol. The van der Waals surface area contributed by atoms with E-state index in [0.29, 0.717) is 18.9 Å². The van der Waals surface area contributed by atoms with Gasteiger partial charge in [-0.3, -0.25) is 4.79 Å². The van der Waals surface area contributed by atoms with Crippen LogP contribution >= 0.6 is 0 Å². The van der Waals surface area contributed by atoms with Crippen LogP contribution in [0.3, 0.4) is 0 Å². The highest BCUT2D eigenvalue weighted by Crippen LogP contribution is 2.16. The minimum atomic E-state index is 0.0369. The minimum Gasteiger partial charge on any atom is -0.381 e. The van der Waals surface area contributed by atoms with Crippen molar-refractivity contribution in [3.63, 3.8) is 0 Å². The number of rotatable bonds is 8. The van der Waals surface area contributed by atoms with Gasteiger partial charge >= 0.3 is 0 Å². The molecule has 0 aromatic heterocycles. The summed E-state index contributed by atoms with van der Waals surface area (Å²) < 4.78 is 0. The molecule has 0 spiro atoms. The van der Waals surface area contributed by atoms with Gasteiger partial charge in [0.05, 0.1) is 6.42 Å². The molecule has 144 valence electrons. The van der Waals surface area contributed by atoms with Crippen molar-refractivity contribution < 1.29 is 4.79 Å². The molecule has 0 heterocycles. The third-order valence-corrected chi connectivity index (χ3v) is 4.79. The zero-order chi connectivity index (χ0) is 19.8. The third kappa shape index (κ3) is 5.98. The average Bonchev–Trinajstić information content (AvgIpc) is 2.73. The van der Waals surface area contributed by atoms with E-state index in [1.807, 2.05) is 54.6 Å². The second kappa shape index (κ2) is 9.75. The first-order valence-corrected chi connectivity index (χ1v) is 9.82. The number of carbonyl (C=O) groups is 1. The largest absolute Gasteiger partial charge is 0.381 e. The van der Waals surface area contributed by atoms with Gasteiger partial charge in [0.25, 0.3) is 0 Å². The fourth-order valence-electron chi connectivity index (χ4n) is 3.01. The lowest BCUT2D eigenvalue weighted by molar-refractivity contribution is -0.120. The summed E-state index contributed by atoms with van der Waals surface area (Å²) in [7, 11) is 0. The molecule has 28 heavy (non-hydrogen) atoms. The van der Waals surface area contributed by atoms with Crippen molar-refractivity contribution in [1.29, 1.82) is 0 Å². The Morgan fingerprint density at radius 2 is 1.36 bits per heavy atom. The maximum atomic E-state index is 12.1. The number of hydrogen-bond acceptors (Lipinski definition) is 2. The second-order valence-electron chi connectivity index (χ2n) is 7.39. The van der Waals surface area contributed by atoms with Gasteiger partial charge in [0.1, 0.15) is 0 Å². The van der Waals surface area contributed by atoms with Crippen molar-refractivity contribution in [3.05, 3.63) is 101 Å². The van der Waals surface area contributed by atoms with Gasteiger partial charge in [0.15, 0.2) is 0 Å². The van der Waals surface area contributed by atoms with E-state index in [0.717, 1.165) is 23.4 Å². The van der Waals surface area contributed by atoms with E-state index in [2.05, 4.69) is 48.7 Å². The Labute approximate surface area is 167 Å². The minimum absolute atomic E-state index is 0.0369. The molecule has 2 N–H and O–H groups in total. The second-order valence-corrected chi connectivity index (χ2v) is 7.39. The Kier molecular flexibility index (Phi) is 6.85. The first-order valence-electron chi connectivity index (χ1n) is 9.82. The quantitative estimate of drug-likeness (QED) is 0.565. The van der Waals surface area contributed by atoms with E-state index in [-0.39, 0.29) is 5.91 Å². The van der Waals surface area contributed by atoms with Gasteiger partial charge in [-0.1, -0.05) is 80.6 Å². The molecule has 0 unspecified atom stereocenters. The molecule has 1 amide bonds. The topological polar surface area (TPSA) is 41.1 Å². The zero-order valence-electron chi connectivity index (χ0n) is 16.6. The monoisotopic (exact) mass is 372 g/mol. The first kappa shape index (κ1) is 19.7. The van der Waals surface area contributed by atoms with E-state index < -0.39 is 0 Å². The molecule has 3 aromatic rings. The summed E-state index contributed by atoms with van der Waals surface area (Å²) in [4.78, 5) is 12.1. The summed E-state index contributed by atoms with van der Waals surface area (Å²) in [5, 5.41) is 6.40. The van der Waals surface area contributed by atoms with Crippen LogP contribution in [0.25, 0.3) is 0 Å². The van der Waals surface area contributed by atoms with Crippen LogP contribution in [0.5, 0.6) is 0 Å². The van der Waals surface area contributed by atoms with Crippen LogP contribution in [-0.2, 0) is 24.3 Å². The summed E-state index contributed by atoms with van der Waals surface area (Å²) in [6.07, 6.45) is 0.393. The van der Waals surface area contributed by atoms with Gasteiger partial charge in [0, 0.05) is 18.8 Å². The molecule has 0 atom stereocenters. The molecular formula is C25H28N2O. The smallest absolute Gasteiger partial charge is 0.224 e. The number of amides is 1. The third-order valence-electron chi connectivity index (χ3n) is 4.79. The van der Waals surface area contributed by atoms with Crippen LogP contribution in [-0.4, -0.2) is 5.91 Å². The fourth-order valence-corrected chi connectivity index (χ4v) is 3.01. The summed E-state index contributed by atoms with van der Waals surface area (Å²) in [6, 6.07) is 26.8. The highest BCUT2D eigenvalue weighted by atomic mass is 16.1. The van der Waals surface area contributed by atoms with Crippen molar-refractivity contribution in [2.24, 2.45) is 0 Å². The highest BCUT2D eigenvalue weighted by Gasteiger charge is 2.04. The Bertz CT molecular complexity index is 869. The molecule has 0 aliphatic rings. The van der Waals surface area contributed by atoms with Crippen molar-refractivity contribution in [1.82, 2.24) is 5.32 Å². The molecule has 0 aliphatic heterocycles. The van der Waals surface area contributed by atoms with Gasteiger partial charge in [0.2, 0.25) is 5.91 Å². The summed E-state index contributed by atoms with van der Waals surface area (Å²) in [5.74, 6) is 0.592. The number of hydrogen-bond donors (Lipinski definition) is 2. The lowest BCUT2D eigenvalue weighted by Gasteiger charge is -2.10. The molecule has 3 aromatic carbocycles. The number of benzene rings is 3. The van der Waals surface area contributed by atoms with Crippen LogP contribution in [0.4, 0.5) is 5.69 Å². The van der Waals surface area contributed by atoms with Crippen molar-refractivity contribution in [2.45, 2.75) is 39.3 Å². The van der Waals surface area contributed by atoms with Gasteiger partial charge < -0.3 is 10.6 Å². The van der Waals surface area contributed by atoms with E-state index >= 15 is 0 Å². The lowest BCUT2D eigenvalue weighted by Crippen LogP contribution is -2.24. The number of anilines is 1. The normalized spacial score (nSPS) is 10.7. The average molecular weight is 373 g/mol. The Morgan fingerprint density at radius 1 is 0.750 bits per heavy atom. The molecule has 0 saturated heterocycles. The highest BCUT2D eigenvalue weighted by molar-refractivity contribution is 5.78. The van der Waals surface area contributed by atoms with Crippen LogP contribution in [0.15, 0.2) is 78.9 Å². The van der Waals surface area contributed by atoms with Crippen LogP contribution in [0.1, 0.15) is 42.0 Å². The maximum Gasteiger partial charge on any atom is 0.224 e. The standard InChI is InChI=1S/C25H28N2O/c1-19(2)23-12-8-22(9-13-23)17-26-24-14-10-20(11-15-24)16-25(28)27-18-21-6-4-3-5-7-21/h3-15,19,26H,16-18H2,1-2H3,(H,27,28). The van der Waals surface area contributed by atoms with Crippen molar-refractivity contribution >= 4 is 11.6 Å². The Hall–Kier alpha value is -3.07. The molecule has 3 heteroatoms. The zero-order valence-corrected chi connectivity index (χ0v) is 16.6. The lowest BCUT2D eigenvalue weighted by atomic mass is 10.0. The van der Waals surface area contributed by atoms with Crippen LogP contribution in [0, 0.1) is 0 Å². The number of carbonyl (C=O) groups excluding carboxylic acids is 1.